The van der Waals surface area contributed by atoms with Crippen molar-refractivity contribution in [3.8, 4) is 0 Å². The minimum Gasteiger partial charge on any atom is -0.466 e. The van der Waals surface area contributed by atoms with Crippen molar-refractivity contribution in [1.82, 2.24) is 10.3 Å². The molecule has 1 heterocycles. The molecule has 0 radical (unpaired) electrons. The van der Waals surface area contributed by atoms with E-state index in [9.17, 15) is 35.9 Å². The Labute approximate surface area is 162 Å². The number of nitrogens with zero attached hydrogens (tertiary/aromatic N) is 1. The number of alkyl halides is 6. The monoisotopic (exact) mass is 426 g/mol. The Kier molecular flexibility index (Phi) is 7.12. The van der Waals surface area contributed by atoms with Crippen LogP contribution in [-0.4, -0.2) is 41.9 Å². The number of hydrogen-bond acceptors (Lipinski definition) is 4. The van der Waals surface area contributed by atoms with E-state index in [2.05, 4.69) is 10.3 Å². The van der Waals surface area contributed by atoms with E-state index in [-0.39, 0.29) is 24.3 Å². The zero-order valence-electron chi connectivity index (χ0n) is 15.4. The Morgan fingerprint density at radius 3 is 2.21 bits per heavy atom. The molecule has 1 saturated carbocycles. The van der Waals surface area contributed by atoms with Gasteiger partial charge < -0.3 is 10.1 Å². The summed E-state index contributed by atoms with van der Waals surface area (Å²) >= 11 is 0. The molecule has 0 unspecified atom stereocenters. The van der Waals surface area contributed by atoms with Crippen molar-refractivity contribution >= 4 is 11.9 Å². The van der Waals surface area contributed by atoms with Gasteiger partial charge in [-0.2, -0.15) is 26.3 Å². The molecule has 2 atom stereocenters. The minimum atomic E-state index is -4.80. The standard InChI is InChI=1S/C18H20F6N2O3/c1-2-29-15(27)9-14-13(4-3-5-25-14)16(28)26-12-7-10(17(19,20)21)6-11(8-12)18(22,23)24/h3-5,10-12H,2,6-9H2,1H3,(H,26,28)/t10-,11-/m0/s1. The van der Waals surface area contributed by atoms with Gasteiger partial charge in [-0.05, 0) is 38.3 Å². The van der Waals surface area contributed by atoms with E-state index < -0.39 is 61.4 Å². The fourth-order valence-corrected chi connectivity index (χ4v) is 3.37. The van der Waals surface area contributed by atoms with Crippen LogP contribution in [0.15, 0.2) is 18.3 Å². The lowest BCUT2D eigenvalue weighted by atomic mass is 9.77. The van der Waals surface area contributed by atoms with E-state index in [0.29, 0.717) is 0 Å². The first-order valence-corrected chi connectivity index (χ1v) is 8.95. The van der Waals surface area contributed by atoms with Gasteiger partial charge in [0.2, 0.25) is 0 Å². The Morgan fingerprint density at radius 1 is 1.10 bits per heavy atom. The summed E-state index contributed by atoms with van der Waals surface area (Å²) in [6.07, 6.45) is -11.0. The smallest absolute Gasteiger partial charge is 0.391 e. The first kappa shape index (κ1) is 23.0. The number of carbonyl (C=O) groups is 2. The number of pyridine rings is 1. The molecule has 1 aromatic heterocycles. The second kappa shape index (κ2) is 9.00. The highest BCUT2D eigenvalue weighted by molar-refractivity contribution is 5.96. The summed E-state index contributed by atoms with van der Waals surface area (Å²) in [5.41, 5.74) is -0.0720. The molecule has 1 N–H and O–H groups in total. The van der Waals surface area contributed by atoms with Crippen molar-refractivity contribution in [1.29, 1.82) is 0 Å². The Morgan fingerprint density at radius 2 is 1.69 bits per heavy atom. The van der Waals surface area contributed by atoms with E-state index in [4.69, 9.17) is 4.74 Å². The lowest BCUT2D eigenvalue weighted by Crippen LogP contribution is -2.47. The van der Waals surface area contributed by atoms with Crippen LogP contribution in [0.25, 0.3) is 0 Å². The molecular formula is C18H20F6N2O3. The van der Waals surface area contributed by atoms with Crippen LogP contribution in [0.4, 0.5) is 26.3 Å². The van der Waals surface area contributed by atoms with E-state index >= 15 is 0 Å². The number of ether oxygens (including phenoxy) is 1. The molecule has 0 saturated heterocycles. The van der Waals surface area contributed by atoms with Crippen LogP contribution in [0.1, 0.15) is 42.2 Å². The fourth-order valence-electron chi connectivity index (χ4n) is 3.37. The predicted molar refractivity (Wildman–Crippen MR) is 88.8 cm³/mol. The van der Waals surface area contributed by atoms with Gasteiger partial charge in [0.25, 0.3) is 5.91 Å². The van der Waals surface area contributed by atoms with Crippen LogP contribution in [0, 0.1) is 11.8 Å². The number of rotatable bonds is 5. The number of aromatic nitrogens is 1. The van der Waals surface area contributed by atoms with Crippen molar-refractivity contribution in [2.75, 3.05) is 6.61 Å². The summed E-state index contributed by atoms with van der Waals surface area (Å²) in [6, 6.07) is 1.36. The number of hydrogen-bond donors (Lipinski definition) is 1. The maximum atomic E-state index is 13.1. The number of carbonyl (C=O) groups excluding carboxylic acids is 2. The third-order valence-electron chi connectivity index (χ3n) is 4.72. The molecule has 1 aliphatic carbocycles. The molecule has 0 aromatic carbocycles. The fraction of sp³-hybridized carbons (Fsp3) is 0.611. The first-order chi connectivity index (χ1) is 13.4. The number of nitrogens with one attached hydrogen (secondary N) is 1. The normalized spacial score (nSPS) is 22.8. The van der Waals surface area contributed by atoms with E-state index in [0.717, 1.165) is 0 Å². The molecule has 11 heteroatoms. The zero-order valence-corrected chi connectivity index (χ0v) is 15.4. The number of amides is 1. The third kappa shape index (κ3) is 6.33. The average Bonchev–Trinajstić information content (AvgIpc) is 2.60. The molecule has 1 aliphatic rings. The third-order valence-corrected chi connectivity index (χ3v) is 4.72. The van der Waals surface area contributed by atoms with Crippen molar-refractivity contribution in [2.45, 2.75) is 51.0 Å². The van der Waals surface area contributed by atoms with E-state index in [1.54, 1.807) is 6.92 Å². The highest BCUT2D eigenvalue weighted by atomic mass is 19.4. The maximum Gasteiger partial charge on any atom is 0.391 e. The van der Waals surface area contributed by atoms with Crippen LogP contribution in [0.2, 0.25) is 0 Å². The highest BCUT2D eigenvalue weighted by Crippen LogP contribution is 2.45. The summed E-state index contributed by atoms with van der Waals surface area (Å²) in [6.45, 7) is 1.69. The van der Waals surface area contributed by atoms with Gasteiger partial charge in [0, 0.05) is 12.2 Å². The largest absolute Gasteiger partial charge is 0.466 e. The summed E-state index contributed by atoms with van der Waals surface area (Å²) in [7, 11) is 0. The van der Waals surface area contributed by atoms with Crippen molar-refractivity contribution < 1.29 is 40.7 Å². The lowest BCUT2D eigenvalue weighted by Gasteiger charge is -2.37. The van der Waals surface area contributed by atoms with Gasteiger partial charge in [0.1, 0.15) is 0 Å². The molecule has 1 aromatic rings. The van der Waals surface area contributed by atoms with Gasteiger partial charge in [-0.3, -0.25) is 14.6 Å². The van der Waals surface area contributed by atoms with Gasteiger partial charge >= 0.3 is 18.3 Å². The van der Waals surface area contributed by atoms with Crippen LogP contribution >= 0.6 is 0 Å². The molecule has 0 spiro atoms. The molecule has 162 valence electrons. The first-order valence-electron chi connectivity index (χ1n) is 8.95. The molecule has 1 amide bonds. The molecule has 29 heavy (non-hydrogen) atoms. The molecular weight excluding hydrogens is 406 g/mol. The molecule has 2 rings (SSSR count). The van der Waals surface area contributed by atoms with Crippen molar-refractivity contribution in [3.63, 3.8) is 0 Å². The summed E-state index contributed by atoms with van der Waals surface area (Å²) < 4.78 is 83.2. The van der Waals surface area contributed by atoms with Crippen LogP contribution in [0.3, 0.4) is 0 Å². The molecule has 0 aliphatic heterocycles. The topological polar surface area (TPSA) is 68.3 Å². The van der Waals surface area contributed by atoms with E-state index in [1.807, 2.05) is 0 Å². The molecule has 0 bridgehead atoms. The van der Waals surface area contributed by atoms with Crippen LogP contribution in [0.5, 0.6) is 0 Å². The Hall–Kier alpha value is -2.33. The number of esters is 1. The number of halogens is 6. The van der Waals surface area contributed by atoms with Crippen LogP contribution < -0.4 is 5.32 Å². The van der Waals surface area contributed by atoms with Gasteiger partial charge in [0.15, 0.2) is 0 Å². The zero-order chi connectivity index (χ0) is 21.8. The molecule has 1 fully saturated rings. The summed E-state index contributed by atoms with van der Waals surface area (Å²) in [5.74, 6) is -5.87. The minimum absolute atomic E-state index is 0.0269. The van der Waals surface area contributed by atoms with E-state index in [1.165, 1.54) is 18.3 Å². The SMILES string of the molecule is CCOC(=O)Cc1ncccc1C(=O)NC1C[C@@H](C(F)(F)F)C[C@H](C(F)(F)F)C1. The summed E-state index contributed by atoms with van der Waals surface area (Å²) in [5, 5.41) is 2.25. The Balaban J connectivity index is 2.17. The van der Waals surface area contributed by atoms with Gasteiger partial charge in [-0.15, -0.1) is 0 Å². The van der Waals surface area contributed by atoms with Gasteiger partial charge in [0.05, 0.1) is 36.1 Å². The second-order valence-electron chi connectivity index (χ2n) is 6.83. The van der Waals surface area contributed by atoms with Crippen LogP contribution in [-0.2, 0) is 16.0 Å². The highest BCUT2D eigenvalue weighted by Gasteiger charge is 2.52. The maximum absolute atomic E-state index is 13.1. The van der Waals surface area contributed by atoms with Gasteiger partial charge in [-0.25, -0.2) is 0 Å². The predicted octanol–water partition coefficient (Wildman–Crippen LogP) is 3.83. The van der Waals surface area contributed by atoms with Gasteiger partial charge in [-0.1, -0.05) is 0 Å². The second-order valence-corrected chi connectivity index (χ2v) is 6.83. The van der Waals surface area contributed by atoms with Crippen molar-refractivity contribution in [2.24, 2.45) is 11.8 Å². The molecule has 5 nitrogen and oxygen atoms in total. The summed E-state index contributed by atoms with van der Waals surface area (Å²) in [4.78, 5) is 28.1. The average molecular weight is 426 g/mol. The lowest BCUT2D eigenvalue weighted by molar-refractivity contribution is -0.225. The quantitative estimate of drug-likeness (QED) is 0.574. The van der Waals surface area contributed by atoms with Crippen molar-refractivity contribution in [3.05, 3.63) is 29.6 Å². The Bertz CT molecular complexity index is 713.